The fourth-order valence-electron chi connectivity index (χ4n) is 3.33. The molecule has 0 fully saturated rings. The van der Waals surface area contributed by atoms with Crippen LogP contribution in [0.5, 0.6) is 11.5 Å². The van der Waals surface area contributed by atoms with Crippen LogP contribution in [0.3, 0.4) is 0 Å². The molecule has 184 valence electrons. The summed E-state index contributed by atoms with van der Waals surface area (Å²) in [6.45, 7) is 5.81. The number of nitriles is 1. The van der Waals surface area contributed by atoms with Crippen LogP contribution in [-0.4, -0.2) is 25.0 Å². The summed E-state index contributed by atoms with van der Waals surface area (Å²) in [4.78, 5) is 24.9. The van der Waals surface area contributed by atoms with Gasteiger partial charge in [-0.05, 0) is 80.4 Å². The highest BCUT2D eigenvalue weighted by Crippen LogP contribution is 2.29. The van der Waals surface area contributed by atoms with Crippen molar-refractivity contribution in [3.05, 3.63) is 88.7 Å². The second-order valence-electron chi connectivity index (χ2n) is 7.93. The van der Waals surface area contributed by atoms with Crippen LogP contribution < -0.4 is 20.1 Å². The molecule has 36 heavy (non-hydrogen) atoms. The lowest BCUT2D eigenvalue weighted by atomic mass is 10.1. The summed E-state index contributed by atoms with van der Waals surface area (Å²) in [5, 5.41) is 14.8. The summed E-state index contributed by atoms with van der Waals surface area (Å²) in [5.74, 6) is -0.679. The normalized spacial score (nSPS) is 10.8. The van der Waals surface area contributed by atoms with Crippen molar-refractivity contribution in [2.75, 3.05) is 23.8 Å². The molecule has 8 heteroatoms. The van der Waals surface area contributed by atoms with Crippen molar-refractivity contribution < 1.29 is 23.5 Å². The number of nitrogens with one attached hydrogen (secondary N) is 2. The van der Waals surface area contributed by atoms with Crippen LogP contribution in [0, 0.1) is 31.0 Å². The van der Waals surface area contributed by atoms with Crippen molar-refractivity contribution in [3.8, 4) is 17.6 Å². The van der Waals surface area contributed by atoms with Crippen LogP contribution in [0.4, 0.5) is 15.8 Å². The third-order valence-electron chi connectivity index (χ3n) is 5.06. The van der Waals surface area contributed by atoms with Crippen molar-refractivity contribution in [2.24, 2.45) is 0 Å². The molecule has 0 aromatic heterocycles. The summed E-state index contributed by atoms with van der Waals surface area (Å²) in [6.07, 6.45) is 1.40. The van der Waals surface area contributed by atoms with Crippen LogP contribution in [-0.2, 0) is 9.59 Å². The molecule has 3 aromatic carbocycles. The fraction of sp³-hybridized carbons (Fsp3) is 0.179. The molecule has 0 spiro atoms. The Morgan fingerprint density at radius 1 is 0.972 bits per heavy atom. The Morgan fingerprint density at radius 2 is 1.72 bits per heavy atom. The van der Waals surface area contributed by atoms with Crippen molar-refractivity contribution >= 4 is 29.3 Å². The molecule has 2 amide bonds. The quantitative estimate of drug-likeness (QED) is 0.311. The first-order chi connectivity index (χ1) is 17.3. The summed E-state index contributed by atoms with van der Waals surface area (Å²) in [5.41, 5.74) is 3.50. The van der Waals surface area contributed by atoms with Crippen LogP contribution in [0.2, 0.25) is 0 Å². The Bertz CT molecular complexity index is 1330. The molecule has 0 aliphatic heterocycles. The van der Waals surface area contributed by atoms with Gasteiger partial charge in [0, 0.05) is 11.4 Å². The Morgan fingerprint density at radius 3 is 2.39 bits per heavy atom. The molecular formula is C28H26FN3O4. The number of carbonyl (C=O) groups excluding carboxylic acids is 2. The van der Waals surface area contributed by atoms with Gasteiger partial charge in [0.1, 0.15) is 17.5 Å². The van der Waals surface area contributed by atoms with Gasteiger partial charge in [-0.2, -0.15) is 5.26 Å². The van der Waals surface area contributed by atoms with Crippen LogP contribution >= 0.6 is 0 Å². The molecule has 2 N–H and O–H groups in total. The van der Waals surface area contributed by atoms with Gasteiger partial charge in [-0.3, -0.25) is 9.59 Å². The molecule has 0 bridgehead atoms. The summed E-state index contributed by atoms with van der Waals surface area (Å²) < 4.78 is 24.4. The van der Waals surface area contributed by atoms with Crippen molar-refractivity contribution in [2.45, 2.75) is 20.8 Å². The molecule has 0 saturated carbocycles. The number of anilines is 2. The average Bonchev–Trinajstić information content (AvgIpc) is 2.85. The number of benzene rings is 3. The first-order valence-electron chi connectivity index (χ1n) is 11.2. The maximum atomic E-state index is 13.1. The van der Waals surface area contributed by atoms with Gasteiger partial charge in [-0.15, -0.1) is 0 Å². The Hall–Kier alpha value is -4.64. The Kier molecular flexibility index (Phi) is 8.79. The van der Waals surface area contributed by atoms with E-state index in [-0.39, 0.29) is 18.1 Å². The van der Waals surface area contributed by atoms with E-state index in [0.29, 0.717) is 35.0 Å². The number of rotatable bonds is 9. The summed E-state index contributed by atoms with van der Waals surface area (Å²) in [6, 6.07) is 17.7. The summed E-state index contributed by atoms with van der Waals surface area (Å²) >= 11 is 0. The van der Waals surface area contributed by atoms with Crippen LogP contribution in [0.15, 0.2) is 66.2 Å². The predicted octanol–water partition coefficient (Wildman–Crippen LogP) is 5.40. The SMILES string of the molecule is CCOc1cc(/C=C(\C#N)C(=O)Nc2ccc(F)cc2)ccc1OCC(=O)Nc1ccc(C)cc1C. The van der Waals surface area contributed by atoms with E-state index in [9.17, 15) is 19.2 Å². The van der Waals surface area contributed by atoms with Crippen molar-refractivity contribution in [3.63, 3.8) is 0 Å². The van der Waals surface area contributed by atoms with E-state index in [1.165, 1.54) is 30.3 Å². The number of carbonyl (C=O) groups is 2. The number of halogens is 1. The standard InChI is InChI=1S/C28H26FN3O4/c1-4-35-26-15-20(14-21(16-30)28(34)31-23-9-7-22(29)8-10-23)6-12-25(26)36-17-27(33)32-24-11-5-18(2)13-19(24)3/h5-15H,4,17H2,1-3H3,(H,31,34)(H,32,33)/b21-14+. The average molecular weight is 488 g/mol. The lowest BCUT2D eigenvalue weighted by Crippen LogP contribution is -2.21. The van der Waals surface area contributed by atoms with Gasteiger partial charge in [0.05, 0.1) is 6.61 Å². The lowest BCUT2D eigenvalue weighted by molar-refractivity contribution is -0.118. The second kappa shape index (κ2) is 12.2. The molecule has 0 aliphatic carbocycles. The second-order valence-corrected chi connectivity index (χ2v) is 7.93. The number of hydrogen-bond donors (Lipinski definition) is 2. The molecule has 0 heterocycles. The Balaban J connectivity index is 1.70. The molecule has 3 aromatic rings. The van der Waals surface area contributed by atoms with Gasteiger partial charge >= 0.3 is 0 Å². The van der Waals surface area contributed by atoms with Gasteiger partial charge in [0.25, 0.3) is 11.8 Å². The van der Waals surface area contributed by atoms with Crippen molar-refractivity contribution in [1.82, 2.24) is 0 Å². The minimum absolute atomic E-state index is 0.150. The van der Waals surface area contributed by atoms with E-state index in [1.807, 2.05) is 38.1 Å². The van der Waals surface area contributed by atoms with E-state index in [1.54, 1.807) is 25.1 Å². The zero-order chi connectivity index (χ0) is 26.1. The van der Waals surface area contributed by atoms with Crippen LogP contribution in [0.25, 0.3) is 6.08 Å². The van der Waals surface area contributed by atoms with Gasteiger partial charge in [0.15, 0.2) is 18.1 Å². The molecule has 0 aliphatic rings. The van der Waals surface area contributed by atoms with E-state index < -0.39 is 11.7 Å². The highest BCUT2D eigenvalue weighted by Gasteiger charge is 2.13. The van der Waals surface area contributed by atoms with E-state index >= 15 is 0 Å². The third-order valence-corrected chi connectivity index (χ3v) is 5.06. The van der Waals surface area contributed by atoms with Gasteiger partial charge in [-0.1, -0.05) is 23.8 Å². The molecule has 0 saturated heterocycles. The molecule has 0 atom stereocenters. The van der Waals surface area contributed by atoms with E-state index in [4.69, 9.17) is 9.47 Å². The molecule has 7 nitrogen and oxygen atoms in total. The number of amides is 2. The molecular weight excluding hydrogens is 461 g/mol. The number of nitrogens with zero attached hydrogens (tertiary/aromatic N) is 1. The van der Waals surface area contributed by atoms with E-state index in [0.717, 1.165) is 11.1 Å². The molecule has 3 rings (SSSR count). The Labute approximate surface area is 209 Å². The number of aryl methyl sites for hydroxylation is 2. The minimum Gasteiger partial charge on any atom is -0.490 e. The summed E-state index contributed by atoms with van der Waals surface area (Å²) in [7, 11) is 0. The monoisotopic (exact) mass is 487 g/mol. The topological polar surface area (TPSA) is 100 Å². The van der Waals surface area contributed by atoms with Gasteiger partial charge < -0.3 is 20.1 Å². The predicted molar refractivity (Wildman–Crippen MR) is 136 cm³/mol. The first-order valence-corrected chi connectivity index (χ1v) is 11.2. The minimum atomic E-state index is -0.634. The maximum absolute atomic E-state index is 13.1. The van der Waals surface area contributed by atoms with Crippen molar-refractivity contribution in [1.29, 1.82) is 5.26 Å². The number of hydrogen-bond acceptors (Lipinski definition) is 5. The zero-order valence-corrected chi connectivity index (χ0v) is 20.2. The maximum Gasteiger partial charge on any atom is 0.266 e. The van der Waals surface area contributed by atoms with Crippen LogP contribution in [0.1, 0.15) is 23.6 Å². The number of ether oxygens (including phenoxy) is 2. The highest BCUT2D eigenvalue weighted by atomic mass is 19.1. The zero-order valence-electron chi connectivity index (χ0n) is 20.2. The molecule has 0 radical (unpaired) electrons. The lowest BCUT2D eigenvalue weighted by Gasteiger charge is -2.14. The third kappa shape index (κ3) is 7.18. The van der Waals surface area contributed by atoms with Gasteiger partial charge in [0.2, 0.25) is 0 Å². The van der Waals surface area contributed by atoms with E-state index in [2.05, 4.69) is 10.6 Å². The van der Waals surface area contributed by atoms with Gasteiger partial charge in [-0.25, -0.2) is 4.39 Å². The fourth-order valence-corrected chi connectivity index (χ4v) is 3.33. The highest BCUT2D eigenvalue weighted by molar-refractivity contribution is 6.09. The first kappa shape index (κ1) is 26.0. The molecule has 0 unspecified atom stereocenters. The smallest absolute Gasteiger partial charge is 0.266 e. The largest absolute Gasteiger partial charge is 0.490 e.